The lowest BCUT2D eigenvalue weighted by Gasteiger charge is -2.31. The van der Waals surface area contributed by atoms with Crippen LogP contribution in [0.3, 0.4) is 0 Å². The molecule has 1 aliphatic carbocycles. The summed E-state index contributed by atoms with van der Waals surface area (Å²) in [5, 5.41) is 3.04. The van der Waals surface area contributed by atoms with Crippen molar-refractivity contribution < 1.29 is 9.53 Å². The third kappa shape index (κ3) is 3.76. The van der Waals surface area contributed by atoms with Crippen LogP contribution in [0.4, 0.5) is 0 Å². The third-order valence-corrected chi connectivity index (χ3v) is 3.32. The molecular weight excluding hydrogens is 204 g/mol. The van der Waals surface area contributed by atoms with Crippen LogP contribution in [0.15, 0.2) is 0 Å². The number of ether oxygens (including phenoxy) is 1. The van der Waals surface area contributed by atoms with Gasteiger partial charge in [-0.1, -0.05) is 0 Å². The van der Waals surface area contributed by atoms with Gasteiger partial charge in [-0.25, -0.2) is 0 Å². The maximum Gasteiger partial charge on any atom is 0.234 e. The van der Waals surface area contributed by atoms with Crippen molar-refractivity contribution in [3.05, 3.63) is 0 Å². The summed E-state index contributed by atoms with van der Waals surface area (Å²) in [5.74, 6) is 0.799. The molecule has 1 aliphatic heterocycles. The topological polar surface area (TPSA) is 41.6 Å². The summed E-state index contributed by atoms with van der Waals surface area (Å²) in [4.78, 5) is 13.9. The molecule has 16 heavy (non-hydrogen) atoms. The number of hydrogen-bond acceptors (Lipinski definition) is 3. The number of nitrogens with zero attached hydrogens (tertiary/aromatic N) is 1. The van der Waals surface area contributed by atoms with Gasteiger partial charge in [-0.05, 0) is 38.1 Å². The van der Waals surface area contributed by atoms with Crippen LogP contribution in [0.25, 0.3) is 0 Å². The predicted molar refractivity (Wildman–Crippen MR) is 62.2 cm³/mol. The van der Waals surface area contributed by atoms with Gasteiger partial charge in [0.2, 0.25) is 5.91 Å². The SMILES string of the molecule is COCC1CCCN(CC(=O)NC2CC2)C1. The van der Waals surface area contributed by atoms with Gasteiger partial charge >= 0.3 is 0 Å². The molecule has 0 radical (unpaired) electrons. The van der Waals surface area contributed by atoms with Gasteiger partial charge in [-0.2, -0.15) is 0 Å². The van der Waals surface area contributed by atoms with Crippen molar-refractivity contribution in [2.75, 3.05) is 33.4 Å². The number of likely N-dealkylation sites (tertiary alicyclic amines) is 1. The van der Waals surface area contributed by atoms with E-state index >= 15 is 0 Å². The summed E-state index contributed by atoms with van der Waals surface area (Å²) in [6, 6.07) is 0.479. The summed E-state index contributed by atoms with van der Waals surface area (Å²) in [5.41, 5.74) is 0. The average Bonchev–Trinajstić information content (AvgIpc) is 3.02. The van der Waals surface area contributed by atoms with Crippen LogP contribution in [-0.2, 0) is 9.53 Å². The van der Waals surface area contributed by atoms with Crippen molar-refractivity contribution in [3.63, 3.8) is 0 Å². The highest BCUT2D eigenvalue weighted by Crippen LogP contribution is 2.19. The second-order valence-electron chi connectivity index (χ2n) is 5.04. The standard InChI is InChI=1S/C12H22N2O2/c1-16-9-10-3-2-6-14(7-10)8-12(15)13-11-4-5-11/h10-11H,2-9H2,1H3,(H,13,15). The molecule has 1 amide bonds. The Labute approximate surface area is 97.3 Å². The molecule has 0 aromatic heterocycles. The van der Waals surface area contributed by atoms with E-state index in [1.54, 1.807) is 7.11 Å². The minimum absolute atomic E-state index is 0.195. The van der Waals surface area contributed by atoms with Gasteiger partial charge < -0.3 is 10.1 Å². The first-order chi connectivity index (χ1) is 7.78. The van der Waals surface area contributed by atoms with Gasteiger partial charge in [0.1, 0.15) is 0 Å². The minimum Gasteiger partial charge on any atom is -0.384 e. The van der Waals surface area contributed by atoms with Crippen molar-refractivity contribution in [1.82, 2.24) is 10.2 Å². The number of hydrogen-bond donors (Lipinski definition) is 1. The van der Waals surface area contributed by atoms with Crippen molar-refractivity contribution in [2.45, 2.75) is 31.7 Å². The molecule has 1 heterocycles. The molecule has 1 saturated heterocycles. The van der Waals surface area contributed by atoms with Gasteiger partial charge in [-0.3, -0.25) is 9.69 Å². The maximum atomic E-state index is 11.6. The molecule has 1 atom stereocenters. The average molecular weight is 226 g/mol. The normalized spacial score (nSPS) is 26.7. The van der Waals surface area contributed by atoms with E-state index in [1.165, 1.54) is 12.8 Å². The third-order valence-electron chi connectivity index (χ3n) is 3.32. The maximum absolute atomic E-state index is 11.6. The Kier molecular flexibility index (Phi) is 4.18. The smallest absolute Gasteiger partial charge is 0.234 e. The highest BCUT2D eigenvalue weighted by molar-refractivity contribution is 5.78. The molecule has 1 N–H and O–H groups in total. The Morgan fingerprint density at radius 2 is 2.25 bits per heavy atom. The van der Waals surface area contributed by atoms with Gasteiger partial charge in [0.15, 0.2) is 0 Å². The van der Waals surface area contributed by atoms with E-state index in [0.717, 1.165) is 32.5 Å². The lowest BCUT2D eigenvalue weighted by Crippen LogP contribution is -2.43. The molecule has 2 fully saturated rings. The van der Waals surface area contributed by atoms with E-state index in [1.807, 2.05) is 0 Å². The molecule has 1 unspecified atom stereocenters. The molecule has 0 aromatic carbocycles. The molecule has 2 aliphatic rings. The zero-order chi connectivity index (χ0) is 11.4. The number of piperidine rings is 1. The number of methoxy groups -OCH3 is 1. The van der Waals surface area contributed by atoms with E-state index in [9.17, 15) is 4.79 Å². The first kappa shape index (κ1) is 11.9. The lowest BCUT2D eigenvalue weighted by atomic mass is 9.99. The summed E-state index contributed by atoms with van der Waals surface area (Å²) in [6.45, 7) is 3.45. The van der Waals surface area contributed by atoms with Crippen LogP contribution in [0.1, 0.15) is 25.7 Å². The highest BCUT2D eigenvalue weighted by atomic mass is 16.5. The molecule has 0 spiro atoms. The summed E-state index contributed by atoms with van der Waals surface area (Å²) in [7, 11) is 1.75. The fraction of sp³-hybridized carbons (Fsp3) is 0.917. The molecule has 0 bridgehead atoms. The molecule has 4 nitrogen and oxygen atoms in total. The van der Waals surface area contributed by atoms with Crippen LogP contribution >= 0.6 is 0 Å². The number of nitrogens with one attached hydrogen (secondary N) is 1. The largest absolute Gasteiger partial charge is 0.384 e. The van der Waals surface area contributed by atoms with Crippen LogP contribution in [0.5, 0.6) is 0 Å². The molecular formula is C12H22N2O2. The quantitative estimate of drug-likeness (QED) is 0.747. The lowest BCUT2D eigenvalue weighted by molar-refractivity contribution is -0.122. The molecule has 0 aromatic rings. The monoisotopic (exact) mass is 226 g/mol. The Bertz CT molecular complexity index is 239. The molecule has 1 saturated carbocycles. The van der Waals surface area contributed by atoms with Gasteiger partial charge in [0, 0.05) is 19.7 Å². The number of rotatable bonds is 5. The van der Waals surface area contributed by atoms with E-state index in [2.05, 4.69) is 10.2 Å². The van der Waals surface area contributed by atoms with Gasteiger partial charge in [0.25, 0.3) is 0 Å². The number of amides is 1. The first-order valence-corrected chi connectivity index (χ1v) is 6.28. The van der Waals surface area contributed by atoms with Crippen LogP contribution < -0.4 is 5.32 Å². The summed E-state index contributed by atoms with van der Waals surface area (Å²) < 4.78 is 5.18. The molecule has 4 heteroatoms. The zero-order valence-electron chi connectivity index (χ0n) is 10.1. The number of carbonyl (C=O) groups excluding carboxylic acids is 1. The van der Waals surface area contributed by atoms with Crippen LogP contribution in [0.2, 0.25) is 0 Å². The van der Waals surface area contributed by atoms with E-state index < -0.39 is 0 Å². The Morgan fingerprint density at radius 3 is 2.94 bits per heavy atom. The highest BCUT2D eigenvalue weighted by Gasteiger charge is 2.26. The van der Waals surface area contributed by atoms with Crippen molar-refractivity contribution >= 4 is 5.91 Å². The van der Waals surface area contributed by atoms with Gasteiger partial charge in [-0.15, -0.1) is 0 Å². The Balaban J connectivity index is 1.69. The molecule has 2 rings (SSSR count). The fourth-order valence-corrected chi connectivity index (χ4v) is 2.37. The van der Waals surface area contributed by atoms with Crippen molar-refractivity contribution in [2.24, 2.45) is 5.92 Å². The fourth-order valence-electron chi connectivity index (χ4n) is 2.37. The first-order valence-electron chi connectivity index (χ1n) is 6.28. The van der Waals surface area contributed by atoms with E-state index in [0.29, 0.717) is 18.5 Å². The van der Waals surface area contributed by atoms with Crippen LogP contribution in [0, 0.1) is 5.92 Å². The predicted octanol–water partition coefficient (Wildman–Crippen LogP) is 0.623. The van der Waals surface area contributed by atoms with Crippen LogP contribution in [-0.4, -0.2) is 50.2 Å². The minimum atomic E-state index is 0.195. The van der Waals surface area contributed by atoms with E-state index in [4.69, 9.17) is 4.74 Å². The summed E-state index contributed by atoms with van der Waals surface area (Å²) in [6.07, 6.45) is 4.75. The summed E-state index contributed by atoms with van der Waals surface area (Å²) >= 11 is 0. The number of carbonyl (C=O) groups is 1. The van der Waals surface area contributed by atoms with E-state index in [-0.39, 0.29) is 5.91 Å². The van der Waals surface area contributed by atoms with Gasteiger partial charge in [0.05, 0.1) is 13.2 Å². The Morgan fingerprint density at radius 1 is 1.44 bits per heavy atom. The zero-order valence-corrected chi connectivity index (χ0v) is 10.1. The Hall–Kier alpha value is -0.610. The van der Waals surface area contributed by atoms with Crippen molar-refractivity contribution in [3.8, 4) is 0 Å². The van der Waals surface area contributed by atoms with Crippen molar-refractivity contribution in [1.29, 1.82) is 0 Å². The second-order valence-corrected chi connectivity index (χ2v) is 5.04. The molecule has 92 valence electrons. The second kappa shape index (κ2) is 5.64.